The summed E-state index contributed by atoms with van der Waals surface area (Å²) in [4.78, 5) is 27.5. The second-order valence-electron chi connectivity index (χ2n) is 8.51. The second kappa shape index (κ2) is 12.1. The molecule has 3 aromatic rings. The molecular formula is C26H29Cl2N3O4S. The molecule has 0 heterocycles. The molecule has 0 spiro atoms. The average Bonchev–Trinajstić information content (AvgIpc) is 2.86. The van der Waals surface area contributed by atoms with Crippen molar-refractivity contribution in [1.82, 2.24) is 14.5 Å². The molecule has 7 nitrogen and oxygen atoms in total. The lowest BCUT2D eigenvalue weighted by molar-refractivity contribution is -0.140. The predicted octanol–water partition coefficient (Wildman–Crippen LogP) is 4.71. The molecule has 0 saturated heterocycles. The second-order valence-corrected chi connectivity index (χ2v) is 11.4. The van der Waals surface area contributed by atoms with Crippen LogP contribution in [0.5, 0.6) is 0 Å². The molecule has 0 fully saturated rings. The number of carbonyl (C=O) groups is 2. The number of hydrogen-bond acceptors (Lipinski definition) is 4. The number of halogens is 2. The van der Waals surface area contributed by atoms with Gasteiger partial charge in [-0.05, 0) is 53.9 Å². The Balaban J connectivity index is 1.85. The summed E-state index contributed by atoms with van der Waals surface area (Å²) in [6, 6.07) is 16.4. The fourth-order valence-corrected chi connectivity index (χ4v) is 5.16. The summed E-state index contributed by atoms with van der Waals surface area (Å²) in [5.74, 6) is -0.850. The zero-order valence-corrected chi connectivity index (χ0v) is 22.7. The maximum absolute atomic E-state index is 13.4. The molecule has 0 aliphatic carbocycles. The van der Waals surface area contributed by atoms with Crippen molar-refractivity contribution in [3.05, 3.63) is 76.3 Å². The number of fused-ring (bicyclic) bond motifs is 1. The van der Waals surface area contributed by atoms with Crippen molar-refractivity contribution in [2.45, 2.75) is 37.8 Å². The number of likely N-dealkylation sites (N-methyl/N-ethyl adjacent to an activating group) is 1. The largest absolute Gasteiger partial charge is 0.354 e. The molecule has 3 aromatic carbocycles. The lowest BCUT2D eigenvalue weighted by atomic mass is 10.1. The molecule has 0 bridgehead atoms. The third-order valence-electron chi connectivity index (χ3n) is 5.84. The van der Waals surface area contributed by atoms with E-state index in [1.165, 1.54) is 18.0 Å². The Bertz CT molecular complexity index is 1360. The smallest absolute Gasteiger partial charge is 0.243 e. The molecule has 0 aliphatic rings. The summed E-state index contributed by atoms with van der Waals surface area (Å²) in [6.45, 7) is 3.62. The number of nitrogens with one attached hydrogen (secondary N) is 1. The van der Waals surface area contributed by atoms with Gasteiger partial charge in [-0.15, -0.1) is 0 Å². The van der Waals surface area contributed by atoms with E-state index in [0.29, 0.717) is 22.2 Å². The third-order valence-corrected chi connectivity index (χ3v) is 8.38. The van der Waals surface area contributed by atoms with E-state index in [1.807, 2.05) is 31.2 Å². The Hall–Kier alpha value is -2.65. The van der Waals surface area contributed by atoms with Crippen LogP contribution >= 0.6 is 23.2 Å². The monoisotopic (exact) mass is 549 g/mol. The molecule has 0 aliphatic heterocycles. The van der Waals surface area contributed by atoms with Crippen LogP contribution < -0.4 is 5.32 Å². The molecule has 1 atom stereocenters. The highest BCUT2D eigenvalue weighted by molar-refractivity contribution is 7.89. The first-order valence-electron chi connectivity index (χ1n) is 11.5. The minimum absolute atomic E-state index is 0.0558. The minimum Gasteiger partial charge on any atom is -0.354 e. The lowest BCUT2D eigenvalue weighted by Gasteiger charge is -2.30. The summed E-state index contributed by atoms with van der Waals surface area (Å²) in [5.41, 5.74) is 0.660. The molecule has 3 rings (SSSR count). The van der Waals surface area contributed by atoms with Gasteiger partial charge in [-0.25, -0.2) is 8.42 Å². The van der Waals surface area contributed by atoms with E-state index >= 15 is 0 Å². The fraction of sp³-hybridized carbons (Fsp3) is 0.308. The van der Waals surface area contributed by atoms with Gasteiger partial charge in [-0.1, -0.05) is 66.5 Å². The molecule has 0 radical (unpaired) electrons. The molecule has 1 N–H and O–H groups in total. The molecule has 192 valence electrons. The van der Waals surface area contributed by atoms with Gasteiger partial charge in [0.2, 0.25) is 21.8 Å². The van der Waals surface area contributed by atoms with Gasteiger partial charge in [0.05, 0.1) is 21.5 Å². The quantitative estimate of drug-likeness (QED) is 0.396. The van der Waals surface area contributed by atoms with Crippen LogP contribution in [0.4, 0.5) is 0 Å². The first-order chi connectivity index (χ1) is 17.0. The zero-order chi connectivity index (χ0) is 26.5. The van der Waals surface area contributed by atoms with Gasteiger partial charge in [0.1, 0.15) is 6.04 Å². The third kappa shape index (κ3) is 6.56. The van der Waals surface area contributed by atoms with Gasteiger partial charge in [-0.3, -0.25) is 9.59 Å². The number of carbonyl (C=O) groups excluding carboxylic acids is 2. The summed E-state index contributed by atoms with van der Waals surface area (Å²) < 4.78 is 27.5. The number of hydrogen-bond donors (Lipinski definition) is 1. The van der Waals surface area contributed by atoms with Crippen molar-refractivity contribution >= 4 is 55.8 Å². The fourth-order valence-electron chi connectivity index (χ4n) is 3.69. The first kappa shape index (κ1) is 27.9. The van der Waals surface area contributed by atoms with E-state index in [9.17, 15) is 18.0 Å². The highest BCUT2D eigenvalue weighted by atomic mass is 35.5. The van der Waals surface area contributed by atoms with E-state index in [2.05, 4.69) is 5.32 Å². The Morgan fingerprint density at radius 1 is 0.972 bits per heavy atom. The number of nitrogens with zero attached hydrogens (tertiary/aromatic N) is 2. The minimum atomic E-state index is -3.96. The highest BCUT2D eigenvalue weighted by Gasteiger charge is 2.30. The topological polar surface area (TPSA) is 86.8 Å². The Labute approximate surface area is 222 Å². The van der Waals surface area contributed by atoms with Crippen LogP contribution in [0.2, 0.25) is 10.0 Å². The number of amides is 2. The van der Waals surface area contributed by atoms with Crippen molar-refractivity contribution in [2.24, 2.45) is 0 Å². The maximum atomic E-state index is 13.4. The van der Waals surface area contributed by atoms with E-state index in [0.717, 1.165) is 21.5 Å². The number of sulfonamides is 1. The van der Waals surface area contributed by atoms with Crippen LogP contribution in [-0.4, -0.2) is 55.6 Å². The van der Waals surface area contributed by atoms with Gasteiger partial charge in [0.25, 0.3) is 0 Å². The SMILES string of the molecule is CCCNC(=O)C(C)N(Cc1ccc(Cl)c(Cl)c1)C(=O)CN(C)S(=O)(=O)c1ccc2ccccc2c1. The predicted molar refractivity (Wildman–Crippen MR) is 144 cm³/mol. The van der Waals surface area contributed by atoms with E-state index in [-0.39, 0.29) is 17.3 Å². The van der Waals surface area contributed by atoms with E-state index in [1.54, 1.807) is 37.3 Å². The van der Waals surface area contributed by atoms with Crippen LogP contribution in [0.25, 0.3) is 10.8 Å². The maximum Gasteiger partial charge on any atom is 0.243 e. The highest BCUT2D eigenvalue weighted by Crippen LogP contribution is 2.25. The molecule has 0 aromatic heterocycles. The van der Waals surface area contributed by atoms with Gasteiger partial charge >= 0.3 is 0 Å². The van der Waals surface area contributed by atoms with Crippen molar-refractivity contribution in [1.29, 1.82) is 0 Å². The van der Waals surface area contributed by atoms with Crippen LogP contribution in [0.3, 0.4) is 0 Å². The molecule has 0 saturated carbocycles. The summed E-state index contributed by atoms with van der Waals surface area (Å²) in [5, 5.41) is 5.17. The van der Waals surface area contributed by atoms with Crippen LogP contribution in [0, 0.1) is 0 Å². The van der Waals surface area contributed by atoms with Crippen molar-refractivity contribution in [2.75, 3.05) is 20.1 Å². The van der Waals surface area contributed by atoms with Crippen molar-refractivity contribution in [3.8, 4) is 0 Å². The summed E-state index contributed by atoms with van der Waals surface area (Å²) in [6.07, 6.45) is 0.742. The molecular weight excluding hydrogens is 521 g/mol. The van der Waals surface area contributed by atoms with E-state index < -0.39 is 28.5 Å². The van der Waals surface area contributed by atoms with E-state index in [4.69, 9.17) is 23.2 Å². The zero-order valence-electron chi connectivity index (χ0n) is 20.4. The Morgan fingerprint density at radius 2 is 1.67 bits per heavy atom. The number of rotatable bonds is 10. The van der Waals surface area contributed by atoms with Gasteiger partial charge < -0.3 is 10.2 Å². The Morgan fingerprint density at radius 3 is 2.33 bits per heavy atom. The lowest BCUT2D eigenvalue weighted by Crippen LogP contribution is -2.50. The first-order valence-corrected chi connectivity index (χ1v) is 13.7. The van der Waals surface area contributed by atoms with Gasteiger partial charge in [0, 0.05) is 20.1 Å². The van der Waals surface area contributed by atoms with Crippen LogP contribution in [0.15, 0.2) is 65.6 Å². The number of benzene rings is 3. The summed E-state index contributed by atoms with van der Waals surface area (Å²) in [7, 11) is -2.61. The standard InChI is InChI=1S/C26H29Cl2N3O4S/c1-4-13-29-26(33)18(2)31(16-19-9-12-23(27)24(28)14-19)25(32)17-30(3)36(34,35)22-11-10-20-7-5-6-8-21(20)15-22/h5-12,14-15,18H,4,13,16-17H2,1-3H3,(H,29,33). The molecule has 2 amide bonds. The van der Waals surface area contributed by atoms with Crippen molar-refractivity contribution in [3.63, 3.8) is 0 Å². The molecule has 36 heavy (non-hydrogen) atoms. The Kier molecular flexibility index (Phi) is 9.35. The average molecular weight is 551 g/mol. The van der Waals surface area contributed by atoms with Crippen LogP contribution in [0.1, 0.15) is 25.8 Å². The molecule has 1 unspecified atom stereocenters. The summed E-state index contributed by atoms with van der Waals surface area (Å²) >= 11 is 12.2. The van der Waals surface area contributed by atoms with Gasteiger partial charge in [0.15, 0.2) is 0 Å². The van der Waals surface area contributed by atoms with Gasteiger partial charge in [-0.2, -0.15) is 4.31 Å². The normalized spacial score (nSPS) is 12.5. The van der Waals surface area contributed by atoms with Crippen LogP contribution in [-0.2, 0) is 26.2 Å². The molecule has 10 heteroatoms. The van der Waals surface area contributed by atoms with Crippen molar-refractivity contribution < 1.29 is 18.0 Å².